The second-order valence-corrected chi connectivity index (χ2v) is 5.55. The van der Waals surface area contributed by atoms with Crippen LogP contribution >= 0.6 is 11.8 Å². The Morgan fingerprint density at radius 2 is 2.30 bits per heavy atom. The van der Waals surface area contributed by atoms with E-state index in [1.165, 1.54) is 11.0 Å². The van der Waals surface area contributed by atoms with Crippen molar-refractivity contribution in [2.45, 2.75) is 23.8 Å². The van der Waals surface area contributed by atoms with Gasteiger partial charge >= 0.3 is 0 Å². The third kappa shape index (κ3) is 3.05. The molecular formula is C11H15N7OS. The van der Waals surface area contributed by atoms with Gasteiger partial charge in [-0.05, 0) is 6.42 Å². The minimum absolute atomic E-state index is 0.417. The summed E-state index contributed by atoms with van der Waals surface area (Å²) in [5.41, 5.74) is 0. The zero-order valence-corrected chi connectivity index (χ0v) is 11.9. The van der Waals surface area contributed by atoms with E-state index in [1.54, 1.807) is 18.1 Å². The van der Waals surface area contributed by atoms with E-state index >= 15 is 0 Å². The van der Waals surface area contributed by atoms with Gasteiger partial charge in [0.05, 0.1) is 18.5 Å². The second kappa shape index (κ2) is 6.14. The van der Waals surface area contributed by atoms with Crippen LogP contribution in [-0.2, 0) is 4.74 Å². The van der Waals surface area contributed by atoms with Crippen molar-refractivity contribution in [3.05, 3.63) is 12.7 Å². The van der Waals surface area contributed by atoms with Crippen molar-refractivity contribution in [1.82, 2.24) is 29.7 Å². The Balaban J connectivity index is 1.85. The first-order valence-electron chi connectivity index (χ1n) is 6.44. The molecule has 0 aliphatic carbocycles. The molecule has 2 aromatic rings. The molecule has 1 aliphatic rings. The highest BCUT2D eigenvalue weighted by Gasteiger charge is 2.22. The molecule has 9 heteroatoms. The fourth-order valence-corrected chi connectivity index (χ4v) is 2.46. The Kier molecular flexibility index (Phi) is 4.07. The van der Waals surface area contributed by atoms with Gasteiger partial charge < -0.3 is 10.1 Å². The van der Waals surface area contributed by atoms with Gasteiger partial charge in [0.25, 0.3) is 5.95 Å². The maximum absolute atomic E-state index is 5.17. The standard InChI is InChI=1S/C11H15N7OS/c1-2-3-13-9-15-10(18-7-12-6-14-18)17-11(16-9)20-8-4-19-5-8/h6-8H,2-5H2,1H3,(H,13,15,16,17). The van der Waals surface area contributed by atoms with E-state index < -0.39 is 0 Å². The number of hydrogen-bond acceptors (Lipinski definition) is 8. The van der Waals surface area contributed by atoms with E-state index in [0.29, 0.717) is 22.3 Å². The van der Waals surface area contributed by atoms with Crippen molar-refractivity contribution >= 4 is 17.7 Å². The molecule has 0 spiro atoms. The number of anilines is 1. The molecule has 1 aliphatic heterocycles. The van der Waals surface area contributed by atoms with Crippen molar-refractivity contribution in [2.75, 3.05) is 25.1 Å². The predicted octanol–water partition coefficient (Wildman–Crippen LogP) is 0.765. The summed E-state index contributed by atoms with van der Waals surface area (Å²) in [4.78, 5) is 17.1. The molecule has 1 fully saturated rings. The molecule has 0 radical (unpaired) electrons. The molecular weight excluding hydrogens is 278 g/mol. The third-order valence-corrected chi connectivity index (χ3v) is 3.64. The van der Waals surface area contributed by atoms with Crippen LogP contribution in [0.25, 0.3) is 5.95 Å². The molecule has 0 amide bonds. The van der Waals surface area contributed by atoms with Gasteiger partial charge in [-0.25, -0.2) is 4.98 Å². The van der Waals surface area contributed by atoms with E-state index in [4.69, 9.17) is 4.74 Å². The summed E-state index contributed by atoms with van der Waals surface area (Å²) in [5, 5.41) is 8.33. The third-order valence-electron chi connectivity index (χ3n) is 2.64. The molecule has 1 N–H and O–H groups in total. The van der Waals surface area contributed by atoms with Gasteiger partial charge in [0, 0.05) is 6.54 Å². The fraction of sp³-hybridized carbons (Fsp3) is 0.545. The van der Waals surface area contributed by atoms with Crippen LogP contribution in [0.2, 0.25) is 0 Å². The Morgan fingerprint density at radius 3 is 2.95 bits per heavy atom. The van der Waals surface area contributed by atoms with Crippen LogP contribution in [0.15, 0.2) is 17.8 Å². The summed E-state index contributed by atoms with van der Waals surface area (Å²) in [7, 11) is 0. The number of nitrogens with zero attached hydrogens (tertiary/aromatic N) is 6. The van der Waals surface area contributed by atoms with Crippen LogP contribution in [0, 0.1) is 0 Å². The number of aromatic nitrogens is 6. The van der Waals surface area contributed by atoms with E-state index in [2.05, 4.69) is 37.3 Å². The minimum Gasteiger partial charge on any atom is -0.379 e. The summed E-state index contributed by atoms with van der Waals surface area (Å²) in [6.07, 6.45) is 4.03. The number of nitrogens with one attached hydrogen (secondary N) is 1. The number of hydrogen-bond donors (Lipinski definition) is 1. The topological polar surface area (TPSA) is 90.6 Å². The average molecular weight is 293 g/mol. The molecule has 3 heterocycles. The molecule has 0 aromatic carbocycles. The van der Waals surface area contributed by atoms with E-state index in [-0.39, 0.29) is 0 Å². The maximum Gasteiger partial charge on any atom is 0.257 e. The molecule has 0 unspecified atom stereocenters. The molecule has 1 saturated heterocycles. The lowest BCUT2D eigenvalue weighted by atomic mass is 10.4. The summed E-state index contributed by atoms with van der Waals surface area (Å²) < 4.78 is 6.70. The van der Waals surface area contributed by atoms with Crippen molar-refractivity contribution in [3.8, 4) is 5.95 Å². The van der Waals surface area contributed by atoms with E-state index in [9.17, 15) is 0 Å². The van der Waals surface area contributed by atoms with Gasteiger partial charge in [-0.15, -0.1) is 0 Å². The zero-order valence-electron chi connectivity index (χ0n) is 11.1. The lowest BCUT2D eigenvalue weighted by Crippen LogP contribution is -2.30. The molecule has 0 saturated carbocycles. The highest BCUT2D eigenvalue weighted by atomic mass is 32.2. The molecule has 2 aromatic heterocycles. The van der Waals surface area contributed by atoms with E-state index in [0.717, 1.165) is 26.2 Å². The van der Waals surface area contributed by atoms with Crippen LogP contribution in [0.3, 0.4) is 0 Å². The largest absolute Gasteiger partial charge is 0.379 e. The Hall–Kier alpha value is -1.74. The van der Waals surface area contributed by atoms with Crippen LogP contribution in [0.1, 0.15) is 13.3 Å². The van der Waals surface area contributed by atoms with Crippen LogP contribution in [-0.4, -0.2) is 54.7 Å². The summed E-state index contributed by atoms with van der Waals surface area (Å²) in [5.74, 6) is 1.04. The average Bonchev–Trinajstić information content (AvgIpc) is 2.94. The Bertz CT molecular complexity index is 558. The molecule has 0 bridgehead atoms. The van der Waals surface area contributed by atoms with Gasteiger partial charge in [-0.3, -0.25) is 0 Å². The number of rotatable bonds is 6. The Morgan fingerprint density at radius 1 is 1.40 bits per heavy atom. The number of ether oxygens (including phenoxy) is 1. The molecule has 8 nitrogen and oxygen atoms in total. The monoisotopic (exact) mass is 293 g/mol. The summed E-state index contributed by atoms with van der Waals surface area (Å²) >= 11 is 1.60. The predicted molar refractivity (Wildman–Crippen MR) is 74.0 cm³/mol. The first-order valence-corrected chi connectivity index (χ1v) is 7.32. The lowest BCUT2D eigenvalue weighted by molar-refractivity contribution is 0.0454. The first-order chi connectivity index (χ1) is 9.85. The van der Waals surface area contributed by atoms with Gasteiger partial charge in [0.15, 0.2) is 5.16 Å². The SMILES string of the molecule is CCCNc1nc(SC2COC2)nc(-n2cncn2)n1. The van der Waals surface area contributed by atoms with Crippen molar-refractivity contribution in [2.24, 2.45) is 0 Å². The van der Waals surface area contributed by atoms with Crippen molar-refractivity contribution in [3.63, 3.8) is 0 Å². The van der Waals surface area contributed by atoms with Gasteiger partial charge in [-0.2, -0.15) is 24.7 Å². The number of thioether (sulfide) groups is 1. The van der Waals surface area contributed by atoms with Crippen LogP contribution in [0.5, 0.6) is 0 Å². The highest BCUT2D eigenvalue weighted by molar-refractivity contribution is 7.99. The summed E-state index contributed by atoms with van der Waals surface area (Å²) in [6.45, 7) is 4.39. The van der Waals surface area contributed by atoms with Crippen molar-refractivity contribution in [1.29, 1.82) is 0 Å². The summed E-state index contributed by atoms with van der Waals surface area (Å²) in [6, 6.07) is 0. The second-order valence-electron chi connectivity index (χ2n) is 4.29. The molecule has 106 valence electrons. The van der Waals surface area contributed by atoms with Gasteiger partial charge in [0.2, 0.25) is 5.95 Å². The quantitative estimate of drug-likeness (QED) is 0.835. The van der Waals surface area contributed by atoms with Gasteiger partial charge in [0.1, 0.15) is 12.7 Å². The van der Waals surface area contributed by atoms with Crippen LogP contribution in [0.4, 0.5) is 5.95 Å². The molecule has 0 atom stereocenters. The maximum atomic E-state index is 5.17. The lowest BCUT2D eigenvalue weighted by Gasteiger charge is -2.24. The van der Waals surface area contributed by atoms with Gasteiger partial charge in [-0.1, -0.05) is 18.7 Å². The Labute approximate surface area is 120 Å². The molecule has 3 rings (SSSR count). The zero-order chi connectivity index (χ0) is 13.8. The fourth-order valence-electron chi connectivity index (χ4n) is 1.56. The molecule has 20 heavy (non-hydrogen) atoms. The van der Waals surface area contributed by atoms with Crippen molar-refractivity contribution < 1.29 is 4.74 Å². The first kappa shape index (κ1) is 13.3. The van der Waals surface area contributed by atoms with E-state index in [1.807, 2.05) is 0 Å². The van der Waals surface area contributed by atoms with Crippen LogP contribution < -0.4 is 5.32 Å². The normalized spacial score (nSPS) is 15.1. The highest BCUT2D eigenvalue weighted by Crippen LogP contribution is 2.26. The minimum atomic E-state index is 0.417. The smallest absolute Gasteiger partial charge is 0.257 e.